The lowest BCUT2D eigenvalue weighted by Crippen LogP contribution is -2.15. The molecule has 0 radical (unpaired) electrons. The second-order valence-corrected chi connectivity index (χ2v) is 36.6. The van der Waals surface area contributed by atoms with E-state index >= 15 is 0 Å². The van der Waals surface area contributed by atoms with Gasteiger partial charge in [-0.15, -0.1) is 68.0 Å². The lowest BCUT2D eigenvalue weighted by Gasteiger charge is -2.07. The number of anilines is 4. The van der Waals surface area contributed by atoms with E-state index in [2.05, 4.69) is 104 Å². The summed E-state index contributed by atoms with van der Waals surface area (Å²) >= 11 is 23.6. The number of thiazole rings is 4. The first kappa shape index (κ1) is 71.1. The highest BCUT2D eigenvalue weighted by molar-refractivity contribution is 9.11. The van der Waals surface area contributed by atoms with Crippen LogP contribution in [-0.4, -0.2) is 43.3 Å². The second kappa shape index (κ2) is 32.4. The SMILES string of the molecule is Nc1nc2c(s1)-c1cc(Br)sc1CCC2.Nc1nc2c(s1)-c1ccsc1CCC2.O=C(Nc1nc2c(s1)-c1cc(Br)sc1CCC2)c1c(F)cccc1F.O=C(Nc1nc2c(s1)-c1ccsc1CCC2)c1c(F)cccc1F.O=C1CCCc2sccc21.O=C1CCCc2sccc2C1. The van der Waals surface area contributed by atoms with E-state index in [4.69, 9.17) is 11.5 Å². The maximum absolute atomic E-state index is 13.8. The van der Waals surface area contributed by atoms with Crippen LogP contribution in [0.3, 0.4) is 0 Å². The first-order chi connectivity index (χ1) is 48.0. The highest BCUT2D eigenvalue weighted by Gasteiger charge is 2.28. The molecule has 0 saturated carbocycles. The molecule has 510 valence electrons. The summed E-state index contributed by atoms with van der Waals surface area (Å²) in [5.74, 6) is -4.45. The summed E-state index contributed by atoms with van der Waals surface area (Å²) in [7, 11) is 0. The maximum Gasteiger partial charge on any atom is 0.263 e. The Balaban J connectivity index is 0.000000110. The number of nitrogens with zero attached hydrogens (tertiary/aromatic N) is 4. The monoisotopic (exact) mass is 1640 g/mol. The van der Waals surface area contributed by atoms with Gasteiger partial charge in [-0.2, -0.15) is 0 Å². The van der Waals surface area contributed by atoms with Crippen molar-refractivity contribution in [2.75, 3.05) is 22.1 Å². The van der Waals surface area contributed by atoms with Crippen LogP contribution in [0.25, 0.3) is 41.8 Å². The predicted molar refractivity (Wildman–Crippen MR) is 410 cm³/mol. The molecule has 6 N–H and O–H groups in total. The molecule has 2 amide bonds. The molecule has 0 fully saturated rings. The van der Waals surface area contributed by atoms with Crippen molar-refractivity contribution in [3.8, 4) is 41.8 Å². The zero-order valence-electron chi connectivity index (χ0n) is 52.6. The van der Waals surface area contributed by atoms with Gasteiger partial charge in [0.1, 0.15) is 40.2 Å². The molecule has 0 atom stereocenters. The number of halogens is 6. The van der Waals surface area contributed by atoms with Crippen molar-refractivity contribution in [3.05, 3.63) is 199 Å². The van der Waals surface area contributed by atoms with Crippen molar-refractivity contribution in [2.45, 2.75) is 122 Å². The number of carbonyl (C=O) groups excluding carboxylic acids is 4. The topological polar surface area (TPSA) is 196 Å². The minimum Gasteiger partial charge on any atom is -0.375 e. The van der Waals surface area contributed by atoms with Gasteiger partial charge in [-0.05, 0) is 222 Å². The van der Waals surface area contributed by atoms with Crippen molar-refractivity contribution in [2.24, 2.45) is 0 Å². The molecule has 99 heavy (non-hydrogen) atoms. The number of benzene rings is 2. The Morgan fingerprint density at radius 3 is 1.24 bits per heavy atom. The minimum atomic E-state index is -0.889. The fourth-order valence-electron chi connectivity index (χ4n) is 12.3. The standard InChI is InChI=1S/C17H11BrF2N2OS2.C17H12F2N2OS2.C10H9BrN2S2.C10H10N2S2.C9H10OS.C8H8OS/c18-13-7-8-12(24-13)6-2-5-11-15(8)25-17(21-11)22-16(23)14-9(19)3-1-4-10(14)20;18-10-3-1-4-11(19)14(10)16(22)21-17-20-12-5-2-6-13-9(7-8-23-13)15(12)24-17;11-8-4-5-7(14-8)3-1-2-6-9(5)15-10(12)13-6;11-10-12-7-2-1-3-8-6(4-5-13-8)9(7)14-10;10-8-2-1-3-9-7(6-8)4-5-11-9;9-7-2-1-3-8-6(7)4-5-10-8/h1,3-4,7H,2,5-6H2,(H,21,22,23);1,3-4,7-8H,2,5-6H2,(H,20,21,22);4H,1-3H2,(H2,12,13);4-5H,1-3H2,(H2,11,12);4-5H,1-3,6H2;4-5H,1-3H2. The number of nitrogen functional groups attached to an aromatic ring is 2. The number of Topliss-reactive ketones (excluding diaryl/α,β-unsaturated/α-hetero) is 2. The molecule has 0 aliphatic heterocycles. The quantitative estimate of drug-likeness (QED) is 0.0972. The molecule has 12 aromatic rings. The Bertz CT molecular complexity index is 4870. The second-order valence-electron chi connectivity index (χ2n) is 23.5. The van der Waals surface area contributed by atoms with Gasteiger partial charge < -0.3 is 11.5 Å². The molecular weight excluding hydrogens is 1590 g/mol. The number of aryl methyl sites for hydroxylation is 10. The molecule has 2 aromatic carbocycles. The zero-order valence-corrected chi connectivity index (χ0v) is 63.9. The third-order valence-electron chi connectivity index (χ3n) is 16.9. The summed E-state index contributed by atoms with van der Waals surface area (Å²) in [6.45, 7) is 0. The summed E-state index contributed by atoms with van der Waals surface area (Å²) in [5, 5.41) is 15.5. The molecule has 6 aliphatic carbocycles. The third-order valence-corrected chi connectivity index (χ3v) is 28.3. The molecule has 6 aliphatic rings. The number of hydrogen-bond acceptors (Lipinski definition) is 20. The molecule has 0 spiro atoms. The molecule has 18 rings (SSSR count). The van der Waals surface area contributed by atoms with Gasteiger partial charge in [0, 0.05) is 76.3 Å². The highest BCUT2D eigenvalue weighted by atomic mass is 79.9. The molecule has 0 saturated heterocycles. The summed E-state index contributed by atoms with van der Waals surface area (Å²) in [4.78, 5) is 77.4. The van der Waals surface area contributed by atoms with Crippen molar-refractivity contribution in [3.63, 3.8) is 0 Å². The minimum absolute atomic E-state index is 0.336. The number of aromatic nitrogens is 4. The van der Waals surface area contributed by atoms with Gasteiger partial charge in [-0.25, -0.2) is 37.5 Å². The van der Waals surface area contributed by atoms with E-state index in [1.54, 1.807) is 68.0 Å². The Labute approximate surface area is 625 Å². The largest absolute Gasteiger partial charge is 0.375 e. The van der Waals surface area contributed by atoms with Crippen LogP contribution in [0.15, 0.2) is 102 Å². The fraction of sp³-hybridized carbons (Fsp3) is 0.268. The highest BCUT2D eigenvalue weighted by Crippen LogP contribution is 2.47. The van der Waals surface area contributed by atoms with Crippen LogP contribution in [0.4, 0.5) is 38.1 Å². The summed E-state index contributed by atoms with van der Waals surface area (Å²) in [5.41, 5.74) is 21.8. The Hall–Kier alpha value is -6.28. The van der Waals surface area contributed by atoms with Crippen molar-refractivity contribution in [1.82, 2.24) is 19.9 Å². The van der Waals surface area contributed by atoms with Crippen LogP contribution in [0.2, 0.25) is 0 Å². The average Bonchev–Trinajstić information content (AvgIpc) is 1.66. The Morgan fingerprint density at radius 1 is 0.404 bits per heavy atom. The zero-order chi connectivity index (χ0) is 68.8. The Morgan fingerprint density at radius 2 is 0.768 bits per heavy atom. The van der Waals surface area contributed by atoms with Crippen LogP contribution in [0.5, 0.6) is 0 Å². The van der Waals surface area contributed by atoms with Crippen LogP contribution in [-0.2, 0) is 75.4 Å². The number of fused-ring (bicyclic) bond motifs is 14. The third kappa shape index (κ3) is 16.8. The number of hydrogen-bond donors (Lipinski definition) is 4. The van der Waals surface area contributed by atoms with Gasteiger partial charge in [0.15, 0.2) is 26.3 Å². The van der Waals surface area contributed by atoms with E-state index in [1.165, 1.54) is 125 Å². The number of ketones is 2. The smallest absolute Gasteiger partial charge is 0.263 e. The van der Waals surface area contributed by atoms with E-state index < -0.39 is 46.2 Å². The van der Waals surface area contributed by atoms with Gasteiger partial charge in [0.2, 0.25) is 0 Å². The number of nitrogens with two attached hydrogens (primary N) is 2. The van der Waals surface area contributed by atoms with E-state index in [9.17, 15) is 36.7 Å². The van der Waals surface area contributed by atoms with Gasteiger partial charge >= 0.3 is 0 Å². The van der Waals surface area contributed by atoms with Gasteiger partial charge in [0.25, 0.3) is 11.8 Å². The number of nitrogens with one attached hydrogen (secondary N) is 2. The number of carbonyl (C=O) groups is 4. The van der Waals surface area contributed by atoms with Gasteiger partial charge in [0.05, 0.1) is 49.9 Å². The normalized spacial score (nSPS) is 14.4. The molecule has 10 heterocycles. The summed E-state index contributed by atoms with van der Waals surface area (Å²) in [6, 6.07) is 19.2. The molecule has 10 aromatic heterocycles. The van der Waals surface area contributed by atoms with Crippen LogP contribution in [0, 0.1) is 23.3 Å². The van der Waals surface area contributed by atoms with Crippen LogP contribution in [0.1, 0.15) is 140 Å². The lowest BCUT2D eigenvalue weighted by atomic mass is 9.98. The van der Waals surface area contributed by atoms with Crippen molar-refractivity contribution < 1.29 is 36.7 Å². The fourth-order valence-corrected chi connectivity index (χ4v) is 23.8. The average molecular weight is 1650 g/mol. The van der Waals surface area contributed by atoms with E-state index in [0.29, 0.717) is 38.5 Å². The van der Waals surface area contributed by atoms with Crippen molar-refractivity contribution in [1.29, 1.82) is 0 Å². The summed E-state index contributed by atoms with van der Waals surface area (Å²) < 4.78 is 57.2. The number of amides is 2. The van der Waals surface area contributed by atoms with E-state index in [0.717, 1.165) is 162 Å². The van der Waals surface area contributed by atoms with Crippen LogP contribution < -0.4 is 22.1 Å². The van der Waals surface area contributed by atoms with Crippen molar-refractivity contribution >= 4 is 189 Å². The molecule has 0 unspecified atom stereocenters. The predicted octanol–water partition coefficient (Wildman–Crippen LogP) is 21.7. The van der Waals surface area contributed by atoms with Gasteiger partial charge in [-0.1, -0.05) is 57.5 Å². The molecule has 12 nitrogen and oxygen atoms in total. The molecular formula is C71H60Br2F4N8O4S10. The van der Waals surface area contributed by atoms with Gasteiger partial charge in [-0.3, -0.25) is 29.8 Å². The lowest BCUT2D eigenvalue weighted by molar-refractivity contribution is -0.118. The van der Waals surface area contributed by atoms with E-state index in [-0.39, 0.29) is 0 Å². The Kier molecular flexibility index (Phi) is 23.3. The first-order valence-corrected chi connectivity index (χ1v) is 41.9. The number of rotatable bonds is 4. The number of thiophene rings is 6. The first-order valence-electron chi connectivity index (χ1n) is 31.9. The molecule has 28 heteroatoms. The summed E-state index contributed by atoms with van der Waals surface area (Å²) in [6.07, 6.45) is 19.0. The maximum atomic E-state index is 13.8. The van der Waals surface area contributed by atoms with Crippen LogP contribution >= 0.6 is 145 Å². The van der Waals surface area contributed by atoms with E-state index in [1.807, 2.05) is 39.5 Å². The molecule has 0 bridgehead atoms.